The maximum Gasteiger partial charge on any atom is 0.260 e. The highest BCUT2D eigenvalue weighted by Crippen LogP contribution is 2.25. The van der Waals surface area contributed by atoms with E-state index in [1.165, 1.54) is 4.88 Å². The molecule has 5 nitrogen and oxygen atoms in total. The molecule has 6 heteroatoms. The Bertz CT molecular complexity index is 799. The number of carbonyl (C=O) groups is 1. The van der Waals surface area contributed by atoms with Crippen molar-refractivity contribution in [3.63, 3.8) is 0 Å². The minimum absolute atomic E-state index is 0.0501. The minimum atomic E-state index is -0.0936. The van der Waals surface area contributed by atoms with E-state index in [-0.39, 0.29) is 12.5 Å². The van der Waals surface area contributed by atoms with Gasteiger partial charge in [-0.1, -0.05) is 18.2 Å². The van der Waals surface area contributed by atoms with Crippen LogP contribution >= 0.6 is 11.3 Å². The van der Waals surface area contributed by atoms with E-state index in [9.17, 15) is 4.79 Å². The van der Waals surface area contributed by atoms with Crippen LogP contribution in [0.15, 0.2) is 64.6 Å². The predicted molar refractivity (Wildman–Crippen MR) is 101 cm³/mol. The zero-order valence-corrected chi connectivity index (χ0v) is 15.4. The van der Waals surface area contributed by atoms with E-state index in [1.54, 1.807) is 41.7 Å². The van der Waals surface area contributed by atoms with Crippen LogP contribution in [0.3, 0.4) is 0 Å². The van der Waals surface area contributed by atoms with Crippen molar-refractivity contribution < 1.29 is 18.7 Å². The fourth-order valence-corrected chi connectivity index (χ4v) is 3.25. The lowest BCUT2D eigenvalue weighted by atomic mass is 10.3. The van der Waals surface area contributed by atoms with Gasteiger partial charge in [0.05, 0.1) is 19.9 Å². The van der Waals surface area contributed by atoms with Crippen LogP contribution in [-0.4, -0.2) is 31.1 Å². The molecule has 0 fully saturated rings. The smallest absolute Gasteiger partial charge is 0.260 e. The molecule has 2 aromatic heterocycles. The highest BCUT2D eigenvalue weighted by atomic mass is 32.1. The summed E-state index contributed by atoms with van der Waals surface area (Å²) in [6, 6.07) is 15.1. The Hall–Kier alpha value is -2.73. The fraction of sp³-hybridized carbons (Fsp3) is 0.250. The average Bonchev–Trinajstić information content (AvgIpc) is 3.37. The number of furan rings is 1. The molecule has 0 spiro atoms. The number of thiophene rings is 1. The van der Waals surface area contributed by atoms with Crippen LogP contribution in [0.25, 0.3) is 0 Å². The maximum atomic E-state index is 12.7. The minimum Gasteiger partial charge on any atom is -0.493 e. The largest absolute Gasteiger partial charge is 0.493 e. The van der Waals surface area contributed by atoms with Crippen LogP contribution in [-0.2, 0) is 17.8 Å². The molecule has 0 bridgehead atoms. The number of nitrogens with zero attached hydrogens (tertiary/aromatic N) is 1. The van der Waals surface area contributed by atoms with Crippen molar-refractivity contribution in [2.75, 3.05) is 20.3 Å². The molecule has 0 saturated carbocycles. The molecule has 0 unspecified atom stereocenters. The second kappa shape index (κ2) is 9.10. The molecule has 0 aliphatic rings. The van der Waals surface area contributed by atoms with E-state index in [1.807, 2.05) is 35.7 Å². The quantitative estimate of drug-likeness (QED) is 0.570. The summed E-state index contributed by atoms with van der Waals surface area (Å²) in [4.78, 5) is 15.7. The first-order valence-corrected chi connectivity index (χ1v) is 9.22. The molecule has 0 aliphatic carbocycles. The van der Waals surface area contributed by atoms with Crippen molar-refractivity contribution in [3.8, 4) is 11.5 Å². The Balaban J connectivity index is 1.63. The number of ether oxygens (including phenoxy) is 2. The van der Waals surface area contributed by atoms with Gasteiger partial charge in [-0.3, -0.25) is 4.79 Å². The summed E-state index contributed by atoms with van der Waals surface area (Å²) in [5.74, 6) is 1.82. The molecule has 0 saturated heterocycles. The Morgan fingerprint density at radius 3 is 2.65 bits per heavy atom. The first-order chi connectivity index (χ1) is 12.8. The molecule has 3 aromatic rings. The van der Waals surface area contributed by atoms with Gasteiger partial charge < -0.3 is 18.8 Å². The second-order valence-corrected chi connectivity index (χ2v) is 6.70. The first kappa shape index (κ1) is 18.1. The molecular weight excluding hydrogens is 350 g/mol. The molecule has 3 rings (SSSR count). The van der Waals surface area contributed by atoms with Crippen LogP contribution in [0, 0.1) is 0 Å². The van der Waals surface area contributed by atoms with E-state index >= 15 is 0 Å². The molecule has 1 amide bonds. The standard InChI is InChI=1S/C20H21NO4S/c1-23-18-8-2-3-9-19(18)25-15-20(22)21(14-16-6-4-12-24-16)11-10-17-7-5-13-26-17/h2-9,12-13H,10-11,14-15H2,1H3. The van der Waals surface area contributed by atoms with Crippen LogP contribution < -0.4 is 9.47 Å². The van der Waals surface area contributed by atoms with Gasteiger partial charge in [-0.25, -0.2) is 0 Å². The summed E-state index contributed by atoms with van der Waals surface area (Å²) in [6.07, 6.45) is 2.42. The Morgan fingerprint density at radius 2 is 1.96 bits per heavy atom. The predicted octanol–water partition coefficient (Wildman–Crippen LogP) is 4.00. The highest BCUT2D eigenvalue weighted by Gasteiger charge is 2.17. The van der Waals surface area contributed by atoms with E-state index in [0.29, 0.717) is 24.6 Å². The van der Waals surface area contributed by atoms with Crippen LogP contribution in [0.5, 0.6) is 11.5 Å². The summed E-state index contributed by atoms with van der Waals surface area (Å²) in [7, 11) is 1.58. The highest BCUT2D eigenvalue weighted by molar-refractivity contribution is 7.09. The first-order valence-electron chi connectivity index (χ1n) is 8.34. The third-order valence-electron chi connectivity index (χ3n) is 3.91. The molecular formula is C20H21NO4S. The van der Waals surface area contributed by atoms with Crippen molar-refractivity contribution in [2.45, 2.75) is 13.0 Å². The SMILES string of the molecule is COc1ccccc1OCC(=O)N(CCc1cccs1)Cc1ccco1. The van der Waals surface area contributed by atoms with E-state index in [0.717, 1.165) is 12.2 Å². The number of hydrogen-bond acceptors (Lipinski definition) is 5. The number of methoxy groups -OCH3 is 1. The zero-order chi connectivity index (χ0) is 18.2. The fourth-order valence-electron chi connectivity index (χ4n) is 2.55. The van der Waals surface area contributed by atoms with Gasteiger partial charge >= 0.3 is 0 Å². The lowest BCUT2D eigenvalue weighted by Gasteiger charge is -2.22. The Kier molecular flexibility index (Phi) is 6.33. The van der Waals surface area contributed by atoms with Gasteiger partial charge in [-0.2, -0.15) is 0 Å². The van der Waals surface area contributed by atoms with Crippen molar-refractivity contribution in [3.05, 3.63) is 70.8 Å². The summed E-state index contributed by atoms with van der Waals surface area (Å²) in [5, 5.41) is 2.04. The third kappa shape index (κ3) is 4.89. The van der Waals surface area contributed by atoms with Gasteiger partial charge in [0.1, 0.15) is 5.76 Å². The maximum absolute atomic E-state index is 12.7. The Labute approximate surface area is 156 Å². The van der Waals surface area contributed by atoms with Crippen LogP contribution in [0.2, 0.25) is 0 Å². The summed E-state index contributed by atoms with van der Waals surface area (Å²) in [5.41, 5.74) is 0. The summed E-state index contributed by atoms with van der Waals surface area (Å²) >= 11 is 1.69. The van der Waals surface area contributed by atoms with Crippen LogP contribution in [0.4, 0.5) is 0 Å². The Morgan fingerprint density at radius 1 is 1.12 bits per heavy atom. The van der Waals surface area contributed by atoms with E-state index < -0.39 is 0 Å². The normalized spacial score (nSPS) is 10.5. The van der Waals surface area contributed by atoms with Crippen molar-refractivity contribution in [2.24, 2.45) is 0 Å². The summed E-state index contributed by atoms with van der Waals surface area (Å²) in [6.45, 7) is 0.980. The van der Waals surface area contributed by atoms with Gasteiger partial charge in [0.2, 0.25) is 0 Å². The molecule has 26 heavy (non-hydrogen) atoms. The molecule has 2 heterocycles. The van der Waals surface area contributed by atoms with Crippen molar-refractivity contribution >= 4 is 17.2 Å². The number of para-hydroxylation sites is 2. The molecule has 0 radical (unpaired) electrons. The second-order valence-electron chi connectivity index (χ2n) is 5.66. The topological polar surface area (TPSA) is 51.9 Å². The third-order valence-corrected chi connectivity index (χ3v) is 4.84. The number of rotatable bonds is 9. The van der Waals surface area contributed by atoms with Crippen LogP contribution in [0.1, 0.15) is 10.6 Å². The number of hydrogen-bond donors (Lipinski definition) is 0. The lowest BCUT2D eigenvalue weighted by Crippen LogP contribution is -2.36. The molecule has 1 aromatic carbocycles. The van der Waals surface area contributed by atoms with Gasteiger partial charge in [-0.05, 0) is 42.1 Å². The van der Waals surface area contributed by atoms with E-state index in [2.05, 4.69) is 6.07 Å². The molecule has 136 valence electrons. The van der Waals surface area contributed by atoms with Gasteiger partial charge in [0.15, 0.2) is 18.1 Å². The monoisotopic (exact) mass is 371 g/mol. The zero-order valence-electron chi connectivity index (χ0n) is 14.6. The number of carbonyl (C=O) groups excluding carboxylic acids is 1. The molecule has 0 N–H and O–H groups in total. The van der Waals surface area contributed by atoms with Gasteiger partial charge in [-0.15, -0.1) is 11.3 Å². The number of benzene rings is 1. The summed E-state index contributed by atoms with van der Waals surface area (Å²) < 4.78 is 16.3. The van der Waals surface area contributed by atoms with Crippen molar-refractivity contribution in [1.82, 2.24) is 4.90 Å². The molecule has 0 atom stereocenters. The number of amides is 1. The van der Waals surface area contributed by atoms with E-state index in [4.69, 9.17) is 13.9 Å². The molecule has 0 aliphatic heterocycles. The lowest BCUT2D eigenvalue weighted by molar-refractivity contribution is -0.134. The van der Waals surface area contributed by atoms with Gasteiger partial charge in [0, 0.05) is 11.4 Å². The van der Waals surface area contributed by atoms with Gasteiger partial charge in [0.25, 0.3) is 5.91 Å². The van der Waals surface area contributed by atoms with Crippen molar-refractivity contribution in [1.29, 1.82) is 0 Å². The average molecular weight is 371 g/mol.